The van der Waals surface area contributed by atoms with E-state index in [1.807, 2.05) is 4.68 Å². The van der Waals surface area contributed by atoms with E-state index in [4.69, 9.17) is 5.73 Å². The van der Waals surface area contributed by atoms with E-state index in [9.17, 15) is 0 Å². The number of piperidine rings is 1. The number of nitrogens with zero attached hydrogens (tertiary/aromatic N) is 4. The van der Waals surface area contributed by atoms with Crippen molar-refractivity contribution in [1.82, 2.24) is 19.7 Å². The van der Waals surface area contributed by atoms with E-state index in [-0.39, 0.29) is 0 Å². The van der Waals surface area contributed by atoms with Crippen molar-refractivity contribution in [2.24, 2.45) is 11.7 Å². The quantitative estimate of drug-likeness (QED) is 0.843. The molecule has 5 heteroatoms. The molecule has 0 spiro atoms. The van der Waals surface area contributed by atoms with Crippen molar-refractivity contribution < 1.29 is 0 Å². The van der Waals surface area contributed by atoms with E-state index in [1.165, 1.54) is 6.42 Å². The van der Waals surface area contributed by atoms with E-state index in [1.54, 1.807) is 6.33 Å². The van der Waals surface area contributed by atoms with Crippen molar-refractivity contribution in [3.8, 4) is 0 Å². The lowest BCUT2D eigenvalue weighted by Gasteiger charge is -2.30. The molecule has 0 aliphatic carbocycles. The number of aromatic nitrogens is 3. The third-order valence-corrected chi connectivity index (χ3v) is 3.14. The summed E-state index contributed by atoms with van der Waals surface area (Å²) in [6.45, 7) is 8.32. The minimum absolute atomic E-state index is 0.324. The van der Waals surface area contributed by atoms with Gasteiger partial charge in [0.25, 0.3) is 0 Å². The van der Waals surface area contributed by atoms with E-state index in [0.29, 0.717) is 12.0 Å². The van der Waals surface area contributed by atoms with Gasteiger partial charge in [-0.2, -0.15) is 5.10 Å². The van der Waals surface area contributed by atoms with Crippen molar-refractivity contribution in [3.05, 3.63) is 12.2 Å². The number of likely N-dealkylation sites (tertiary alicyclic amines) is 1. The van der Waals surface area contributed by atoms with Crippen LogP contribution in [0.15, 0.2) is 6.33 Å². The lowest BCUT2D eigenvalue weighted by molar-refractivity contribution is 0.193. The summed E-state index contributed by atoms with van der Waals surface area (Å²) in [4.78, 5) is 6.74. The van der Waals surface area contributed by atoms with Crippen LogP contribution in [0, 0.1) is 5.92 Å². The van der Waals surface area contributed by atoms with Gasteiger partial charge in [-0.1, -0.05) is 13.8 Å². The fourth-order valence-corrected chi connectivity index (χ4v) is 2.34. The van der Waals surface area contributed by atoms with Gasteiger partial charge >= 0.3 is 0 Å². The zero-order valence-corrected chi connectivity index (χ0v) is 10.8. The molecular weight excluding hydrogens is 214 g/mol. The topological polar surface area (TPSA) is 60.0 Å². The summed E-state index contributed by atoms with van der Waals surface area (Å²) in [5, 5.41) is 4.29. The van der Waals surface area contributed by atoms with Gasteiger partial charge in [0.05, 0.1) is 6.54 Å². The molecule has 1 aromatic heterocycles. The molecular formula is C12H23N5. The highest BCUT2D eigenvalue weighted by Crippen LogP contribution is 2.11. The molecule has 1 fully saturated rings. The van der Waals surface area contributed by atoms with Gasteiger partial charge in [0.15, 0.2) is 0 Å². The molecule has 1 aliphatic heterocycles. The summed E-state index contributed by atoms with van der Waals surface area (Å²) in [5.41, 5.74) is 5.99. The molecule has 2 rings (SSSR count). The molecule has 1 aromatic rings. The molecule has 0 amide bonds. The summed E-state index contributed by atoms with van der Waals surface area (Å²) < 4.78 is 2.02. The van der Waals surface area contributed by atoms with Gasteiger partial charge in [0, 0.05) is 19.1 Å². The Morgan fingerprint density at radius 1 is 1.53 bits per heavy atom. The Hall–Kier alpha value is -0.940. The number of hydrogen-bond donors (Lipinski definition) is 1. The van der Waals surface area contributed by atoms with Crippen LogP contribution < -0.4 is 5.73 Å². The van der Waals surface area contributed by atoms with Crippen LogP contribution in [0.2, 0.25) is 0 Å². The second-order valence-corrected chi connectivity index (χ2v) is 5.39. The molecule has 0 unspecified atom stereocenters. The van der Waals surface area contributed by atoms with Crippen LogP contribution in [0.4, 0.5) is 0 Å². The maximum absolute atomic E-state index is 5.99. The van der Waals surface area contributed by atoms with Gasteiger partial charge in [-0.15, -0.1) is 0 Å². The molecule has 1 saturated heterocycles. The third kappa shape index (κ3) is 3.51. The maximum atomic E-state index is 5.99. The lowest BCUT2D eigenvalue weighted by atomic mass is 10.1. The van der Waals surface area contributed by atoms with Crippen molar-refractivity contribution in [2.75, 3.05) is 13.1 Å². The van der Waals surface area contributed by atoms with Crippen LogP contribution in [0.1, 0.15) is 32.5 Å². The highest BCUT2D eigenvalue weighted by molar-refractivity contribution is 4.87. The minimum atomic E-state index is 0.324. The van der Waals surface area contributed by atoms with Crippen molar-refractivity contribution >= 4 is 0 Å². The third-order valence-electron chi connectivity index (χ3n) is 3.14. The predicted molar refractivity (Wildman–Crippen MR) is 67.3 cm³/mol. The van der Waals surface area contributed by atoms with Crippen molar-refractivity contribution in [1.29, 1.82) is 0 Å². The summed E-state index contributed by atoms with van der Waals surface area (Å²) in [7, 11) is 0. The standard InChI is InChI=1S/C12H23N5/c1-10(2)6-17-12(14-9-15-17)8-16-5-3-4-11(13)7-16/h9-11H,3-8,13H2,1-2H3/t11-/m1/s1. The Kier molecular flexibility index (Phi) is 4.12. The van der Waals surface area contributed by atoms with Gasteiger partial charge < -0.3 is 5.73 Å². The number of nitrogens with two attached hydrogens (primary N) is 1. The van der Waals surface area contributed by atoms with Crippen LogP contribution in [0.25, 0.3) is 0 Å². The fraction of sp³-hybridized carbons (Fsp3) is 0.833. The van der Waals surface area contributed by atoms with Gasteiger partial charge in [-0.05, 0) is 25.3 Å². The highest BCUT2D eigenvalue weighted by Gasteiger charge is 2.18. The Morgan fingerprint density at radius 2 is 2.35 bits per heavy atom. The van der Waals surface area contributed by atoms with Gasteiger partial charge in [0.2, 0.25) is 0 Å². The largest absolute Gasteiger partial charge is 0.327 e. The zero-order valence-electron chi connectivity index (χ0n) is 10.8. The Morgan fingerprint density at radius 3 is 3.06 bits per heavy atom. The van der Waals surface area contributed by atoms with Crippen molar-refractivity contribution in [2.45, 2.75) is 45.8 Å². The van der Waals surface area contributed by atoms with Crippen LogP contribution >= 0.6 is 0 Å². The number of hydrogen-bond acceptors (Lipinski definition) is 4. The molecule has 1 atom stereocenters. The lowest BCUT2D eigenvalue weighted by Crippen LogP contribution is -2.42. The molecule has 0 radical (unpaired) electrons. The molecule has 1 aliphatic rings. The van der Waals surface area contributed by atoms with Crippen LogP contribution in [0.5, 0.6) is 0 Å². The highest BCUT2D eigenvalue weighted by atomic mass is 15.3. The Balaban J connectivity index is 1.95. The Bertz CT molecular complexity index is 346. The first-order valence-corrected chi connectivity index (χ1v) is 6.49. The Labute approximate surface area is 103 Å². The van der Waals surface area contributed by atoms with Crippen molar-refractivity contribution in [3.63, 3.8) is 0 Å². The average Bonchev–Trinajstić information content (AvgIpc) is 2.65. The maximum Gasteiger partial charge on any atom is 0.141 e. The normalized spacial score (nSPS) is 22.2. The van der Waals surface area contributed by atoms with E-state index in [0.717, 1.165) is 38.4 Å². The average molecular weight is 237 g/mol. The molecule has 2 heterocycles. The first-order valence-electron chi connectivity index (χ1n) is 6.49. The van der Waals surface area contributed by atoms with E-state index in [2.05, 4.69) is 28.8 Å². The number of rotatable bonds is 4. The van der Waals surface area contributed by atoms with Gasteiger partial charge in [-0.25, -0.2) is 9.67 Å². The van der Waals surface area contributed by atoms with Crippen LogP contribution in [0.3, 0.4) is 0 Å². The summed E-state index contributed by atoms with van der Waals surface area (Å²) in [6, 6.07) is 0.324. The molecule has 96 valence electrons. The minimum Gasteiger partial charge on any atom is -0.327 e. The second kappa shape index (κ2) is 5.60. The summed E-state index contributed by atoms with van der Waals surface area (Å²) >= 11 is 0. The van der Waals surface area contributed by atoms with Gasteiger partial charge in [0.1, 0.15) is 12.2 Å². The molecule has 0 aromatic carbocycles. The summed E-state index contributed by atoms with van der Waals surface area (Å²) in [6.07, 6.45) is 4.00. The van der Waals surface area contributed by atoms with Gasteiger partial charge in [-0.3, -0.25) is 4.90 Å². The molecule has 2 N–H and O–H groups in total. The molecule has 17 heavy (non-hydrogen) atoms. The zero-order chi connectivity index (χ0) is 12.3. The molecule has 0 saturated carbocycles. The van der Waals surface area contributed by atoms with E-state index < -0.39 is 0 Å². The molecule has 0 bridgehead atoms. The van der Waals surface area contributed by atoms with Crippen LogP contribution in [-0.4, -0.2) is 38.8 Å². The summed E-state index contributed by atoms with van der Waals surface area (Å²) in [5.74, 6) is 1.66. The van der Waals surface area contributed by atoms with Crippen LogP contribution in [-0.2, 0) is 13.1 Å². The van der Waals surface area contributed by atoms with E-state index >= 15 is 0 Å². The smallest absolute Gasteiger partial charge is 0.141 e. The molecule has 5 nitrogen and oxygen atoms in total. The predicted octanol–water partition coefficient (Wildman–Crippen LogP) is 0.857. The first kappa shape index (κ1) is 12.5. The second-order valence-electron chi connectivity index (χ2n) is 5.39. The SMILES string of the molecule is CC(C)Cn1ncnc1CN1CCC[C@@H](N)C1. The monoisotopic (exact) mass is 237 g/mol. The first-order chi connectivity index (χ1) is 8.15. The fourth-order valence-electron chi connectivity index (χ4n) is 2.34.